The highest BCUT2D eigenvalue weighted by molar-refractivity contribution is 5.33. The van der Waals surface area contributed by atoms with Crippen molar-refractivity contribution in [2.75, 3.05) is 13.1 Å². The van der Waals surface area contributed by atoms with Gasteiger partial charge in [0.25, 0.3) is 0 Å². The summed E-state index contributed by atoms with van der Waals surface area (Å²) in [5.74, 6) is 0.854. The minimum absolute atomic E-state index is 0.149. The summed E-state index contributed by atoms with van der Waals surface area (Å²) in [5, 5.41) is 9.56. The Morgan fingerprint density at radius 2 is 1.85 bits per heavy atom. The van der Waals surface area contributed by atoms with Crippen LogP contribution >= 0.6 is 0 Å². The first-order valence-electron chi connectivity index (χ1n) is 7.61. The van der Waals surface area contributed by atoms with Gasteiger partial charge in [-0.25, -0.2) is 0 Å². The highest BCUT2D eigenvalue weighted by atomic mass is 16.5. The van der Waals surface area contributed by atoms with E-state index in [2.05, 4.69) is 11.0 Å². The van der Waals surface area contributed by atoms with Gasteiger partial charge in [0, 0.05) is 0 Å². The summed E-state index contributed by atoms with van der Waals surface area (Å²) < 4.78 is 5.73. The second-order valence-corrected chi connectivity index (χ2v) is 5.72. The van der Waals surface area contributed by atoms with Crippen molar-refractivity contribution in [2.24, 2.45) is 0 Å². The third kappa shape index (κ3) is 3.98. The topological polar surface area (TPSA) is 36.3 Å². The van der Waals surface area contributed by atoms with Crippen LogP contribution in [0.4, 0.5) is 0 Å². The summed E-state index contributed by atoms with van der Waals surface area (Å²) in [6.07, 6.45) is 5.11. The number of rotatable bonds is 4. The van der Waals surface area contributed by atoms with Crippen LogP contribution in [0.3, 0.4) is 0 Å². The van der Waals surface area contributed by atoms with Gasteiger partial charge in [-0.1, -0.05) is 25.0 Å². The Hall–Kier alpha value is -1.53. The summed E-state index contributed by atoms with van der Waals surface area (Å²) in [7, 11) is 0. The van der Waals surface area contributed by atoms with E-state index in [9.17, 15) is 5.26 Å². The number of nitriles is 1. The molecular formula is C17H24N2O. The van der Waals surface area contributed by atoms with Crippen LogP contribution in [0.1, 0.15) is 51.1 Å². The lowest BCUT2D eigenvalue weighted by atomic mass is 10.1. The Balaban J connectivity index is 2.16. The van der Waals surface area contributed by atoms with Crippen LogP contribution in [0.5, 0.6) is 5.75 Å². The lowest BCUT2D eigenvalue weighted by molar-refractivity contribution is 0.235. The zero-order valence-corrected chi connectivity index (χ0v) is 12.5. The van der Waals surface area contributed by atoms with Crippen LogP contribution in [-0.2, 0) is 0 Å². The molecule has 1 heterocycles. The molecule has 1 aliphatic heterocycles. The number of hydrogen-bond donors (Lipinski definition) is 0. The van der Waals surface area contributed by atoms with Crippen molar-refractivity contribution >= 4 is 0 Å². The molecule has 1 unspecified atom stereocenters. The highest BCUT2D eigenvalue weighted by Gasteiger charge is 2.21. The average molecular weight is 272 g/mol. The fourth-order valence-electron chi connectivity index (χ4n) is 2.75. The molecule has 3 heteroatoms. The zero-order valence-electron chi connectivity index (χ0n) is 12.5. The largest absolute Gasteiger partial charge is 0.491 e. The molecule has 0 aliphatic carbocycles. The quantitative estimate of drug-likeness (QED) is 0.833. The van der Waals surface area contributed by atoms with Gasteiger partial charge in [0.1, 0.15) is 11.8 Å². The fourth-order valence-corrected chi connectivity index (χ4v) is 2.75. The van der Waals surface area contributed by atoms with Crippen LogP contribution in [0.25, 0.3) is 0 Å². The number of nitrogens with zero attached hydrogens (tertiary/aromatic N) is 2. The van der Waals surface area contributed by atoms with Crippen molar-refractivity contribution in [1.82, 2.24) is 4.90 Å². The molecule has 0 amide bonds. The maximum atomic E-state index is 9.56. The van der Waals surface area contributed by atoms with Gasteiger partial charge in [0.05, 0.1) is 12.2 Å². The molecule has 0 saturated carbocycles. The van der Waals surface area contributed by atoms with E-state index >= 15 is 0 Å². The fraction of sp³-hybridized carbons (Fsp3) is 0.588. The Bertz CT molecular complexity index is 456. The first kappa shape index (κ1) is 14.9. The molecule has 1 aliphatic rings. The summed E-state index contributed by atoms with van der Waals surface area (Å²) in [4.78, 5) is 2.31. The van der Waals surface area contributed by atoms with Gasteiger partial charge in [0.2, 0.25) is 0 Å². The van der Waals surface area contributed by atoms with Crippen LogP contribution in [0.15, 0.2) is 24.3 Å². The molecule has 2 rings (SSSR count). The first-order valence-corrected chi connectivity index (χ1v) is 7.61. The molecule has 0 radical (unpaired) electrons. The molecule has 1 saturated heterocycles. The number of likely N-dealkylation sites (tertiary alicyclic amines) is 1. The van der Waals surface area contributed by atoms with Gasteiger partial charge in [-0.3, -0.25) is 4.90 Å². The lowest BCUT2D eigenvalue weighted by Crippen LogP contribution is -2.28. The minimum Gasteiger partial charge on any atom is -0.491 e. The van der Waals surface area contributed by atoms with E-state index in [1.54, 1.807) is 0 Å². The smallest absolute Gasteiger partial charge is 0.123 e. The minimum atomic E-state index is -0.149. The maximum absolute atomic E-state index is 9.56. The van der Waals surface area contributed by atoms with Crippen LogP contribution in [-0.4, -0.2) is 24.1 Å². The SMILES string of the molecule is CC(C)Oc1cccc(C(C#N)N2CCCCCC2)c1. The molecule has 1 atom stereocenters. The predicted molar refractivity (Wildman–Crippen MR) is 80.6 cm³/mol. The molecule has 108 valence electrons. The van der Waals surface area contributed by atoms with Gasteiger partial charge in [0.15, 0.2) is 0 Å². The summed E-state index contributed by atoms with van der Waals surface area (Å²) in [5.41, 5.74) is 1.05. The third-order valence-corrected chi connectivity index (χ3v) is 3.67. The van der Waals surface area contributed by atoms with Crippen molar-refractivity contribution < 1.29 is 4.74 Å². The van der Waals surface area contributed by atoms with E-state index in [0.717, 1.165) is 24.4 Å². The van der Waals surface area contributed by atoms with Crippen molar-refractivity contribution in [3.05, 3.63) is 29.8 Å². The lowest BCUT2D eigenvalue weighted by Gasteiger charge is -2.26. The van der Waals surface area contributed by atoms with Gasteiger partial charge in [-0.05, 0) is 57.5 Å². The van der Waals surface area contributed by atoms with Gasteiger partial charge in [-0.2, -0.15) is 5.26 Å². The Kier molecular flexibility index (Phi) is 5.43. The number of ether oxygens (including phenoxy) is 1. The van der Waals surface area contributed by atoms with Gasteiger partial charge < -0.3 is 4.74 Å². The van der Waals surface area contributed by atoms with Gasteiger partial charge in [-0.15, -0.1) is 0 Å². The molecule has 0 bridgehead atoms. The standard InChI is InChI=1S/C17H24N2O/c1-14(2)20-16-9-7-8-15(12-16)17(13-18)19-10-5-3-4-6-11-19/h7-9,12,14,17H,3-6,10-11H2,1-2H3. The molecule has 0 N–H and O–H groups in total. The van der Waals surface area contributed by atoms with E-state index < -0.39 is 0 Å². The first-order chi connectivity index (χ1) is 9.70. The summed E-state index contributed by atoms with van der Waals surface area (Å²) >= 11 is 0. The van der Waals surface area contributed by atoms with Crippen LogP contribution in [0, 0.1) is 11.3 Å². The second-order valence-electron chi connectivity index (χ2n) is 5.72. The monoisotopic (exact) mass is 272 g/mol. The summed E-state index contributed by atoms with van der Waals surface area (Å²) in [6.45, 7) is 6.08. The van der Waals surface area contributed by atoms with Crippen LogP contribution < -0.4 is 4.74 Å². The third-order valence-electron chi connectivity index (χ3n) is 3.67. The van der Waals surface area contributed by atoms with E-state index in [4.69, 9.17) is 4.74 Å². The molecule has 1 aromatic carbocycles. The van der Waals surface area contributed by atoms with E-state index in [1.165, 1.54) is 25.7 Å². The predicted octanol–water partition coefficient (Wildman–Crippen LogP) is 3.91. The maximum Gasteiger partial charge on any atom is 0.123 e. The Morgan fingerprint density at radius 1 is 1.15 bits per heavy atom. The van der Waals surface area contributed by atoms with Gasteiger partial charge >= 0.3 is 0 Å². The highest BCUT2D eigenvalue weighted by Crippen LogP contribution is 2.26. The second kappa shape index (κ2) is 7.31. The van der Waals surface area contributed by atoms with E-state index in [-0.39, 0.29) is 12.1 Å². The van der Waals surface area contributed by atoms with Crippen molar-refractivity contribution in [3.8, 4) is 11.8 Å². The Morgan fingerprint density at radius 3 is 2.45 bits per heavy atom. The van der Waals surface area contributed by atoms with Crippen molar-refractivity contribution in [2.45, 2.75) is 51.7 Å². The number of benzene rings is 1. The molecule has 0 spiro atoms. The van der Waals surface area contributed by atoms with Crippen molar-refractivity contribution in [3.63, 3.8) is 0 Å². The van der Waals surface area contributed by atoms with Crippen LogP contribution in [0.2, 0.25) is 0 Å². The zero-order chi connectivity index (χ0) is 14.4. The molecule has 1 fully saturated rings. The molecule has 0 aromatic heterocycles. The number of hydrogen-bond acceptors (Lipinski definition) is 3. The average Bonchev–Trinajstić information content (AvgIpc) is 2.68. The molecule has 1 aromatic rings. The molecule has 20 heavy (non-hydrogen) atoms. The normalized spacial score (nSPS) is 18.3. The van der Waals surface area contributed by atoms with Crippen molar-refractivity contribution in [1.29, 1.82) is 5.26 Å². The van der Waals surface area contributed by atoms with E-state index in [1.807, 2.05) is 38.1 Å². The summed E-state index contributed by atoms with van der Waals surface area (Å²) in [6, 6.07) is 10.3. The molecule has 3 nitrogen and oxygen atoms in total. The molecular weight excluding hydrogens is 248 g/mol. The van der Waals surface area contributed by atoms with E-state index in [0.29, 0.717) is 0 Å². The Labute approximate surface area is 122 Å².